The largest absolute Gasteiger partial charge is 0.381 e. The third-order valence-corrected chi connectivity index (χ3v) is 7.49. The third kappa shape index (κ3) is 2.36. The van der Waals surface area contributed by atoms with E-state index in [0.29, 0.717) is 5.54 Å². The van der Waals surface area contributed by atoms with E-state index < -0.39 is 0 Å². The van der Waals surface area contributed by atoms with Crippen LogP contribution in [-0.2, 0) is 4.74 Å². The van der Waals surface area contributed by atoms with Crippen LogP contribution in [0, 0.1) is 23.7 Å². The van der Waals surface area contributed by atoms with E-state index in [2.05, 4.69) is 24.3 Å². The molecular formula is C18H32N2O. The van der Waals surface area contributed by atoms with Crippen molar-refractivity contribution in [3.05, 3.63) is 0 Å². The fourth-order valence-corrected chi connectivity index (χ4v) is 6.16. The molecular weight excluding hydrogens is 260 g/mol. The summed E-state index contributed by atoms with van der Waals surface area (Å²) in [6, 6.07) is 0.814. The van der Waals surface area contributed by atoms with Crippen LogP contribution in [0.15, 0.2) is 0 Å². The minimum atomic E-state index is 0.329. The first-order valence-electron chi connectivity index (χ1n) is 9.18. The molecule has 0 radical (unpaired) electrons. The van der Waals surface area contributed by atoms with Gasteiger partial charge in [0.25, 0.3) is 0 Å². The van der Waals surface area contributed by atoms with E-state index in [4.69, 9.17) is 4.74 Å². The summed E-state index contributed by atoms with van der Waals surface area (Å²) in [5.41, 5.74) is 0.329. The number of hydrogen-bond donors (Lipinski definition) is 1. The molecule has 0 amide bonds. The topological polar surface area (TPSA) is 24.5 Å². The van der Waals surface area contributed by atoms with Crippen molar-refractivity contribution in [1.29, 1.82) is 0 Å². The molecule has 5 atom stereocenters. The summed E-state index contributed by atoms with van der Waals surface area (Å²) in [5, 5.41) is 4.02. The second-order valence-corrected chi connectivity index (χ2v) is 8.37. The number of rotatable bonds is 4. The van der Waals surface area contributed by atoms with Gasteiger partial charge in [-0.1, -0.05) is 6.42 Å². The molecule has 1 aliphatic heterocycles. The summed E-state index contributed by atoms with van der Waals surface area (Å²) < 4.78 is 5.60. The van der Waals surface area contributed by atoms with Crippen LogP contribution in [0.25, 0.3) is 0 Å². The van der Waals surface area contributed by atoms with Crippen LogP contribution >= 0.6 is 0 Å². The molecule has 0 spiro atoms. The van der Waals surface area contributed by atoms with E-state index in [1.807, 2.05) is 0 Å². The Morgan fingerprint density at radius 1 is 1.05 bits per heavy atom. The molecule has 4 fully saturated rings. The van der Waals surface area contributed by atoms with Gasteiger partial charge in [0, 0.05) is 31.3 Å². The van der Waals surface area contributed by atoms with E-state index in [9.17, 15) is 0 Å². The standard InChI is InChI=1S/C18H32N2O/c1-20(2)18(6-8-21-9-7-18)12-19-17-11-13-10-16(17)15-5-3-4-14(13)15/h13-17,19H,3-12H2,1-2H3. The van der Waals surface area contributed by atoms with Gasteiger partial charge >= 0.3 is 0 Å². The fourth-order valence-electron chi connectivity index (χ4n) is 6.16. The number of hydrogen-bond acceptors (Lipinski definition) is 3. The highest BCUT2D eigenvalue weighted by Gasteiger charge is 2.53. The lowest BCUT2D eigenvalue weighted by molar-refractivity contribution is -0.00983. The van der Waals surface area contributed by atoms with Crippen LogP contribution in [-0.4, -0.2) is 50.3 Å². The van der Waals surface area contributed by atoms with Crippen molar-refractivity contribution in [2.24, 2.45) is 23.7 Å². The summed E-state index contributed by atoms with van der Waals surface area (Å²) in [5.74, 6) is 4.25. The minimum Gasteiger partial charge on any atom is -0.381 e. The van der Waals surface area contributed by atoms with E-state index in [-0.39, 0.29) is 0 Å². The van der Waals surface area contributed by atoms with Gasteiger partial charge in [-0.05, 0) is 76.3 Å². The number of ether oxygens (including phenoxy) is 1. The van der Waals surface area contributed by atoms with Crippen LogP contribution in [0.1, 0.15) is 44.9 Å². The van der Waals surface area contributed by atoms with Gasteiger partial charge < -0.3 is 15.0 Å². The summed E-state index contributed by atoms with van der Waals surface area (Å²) in [6.45, 7) is 3.02. The first-order chi connectivity index (χ1) is 10.2. The molecule has 120 valence electrons. The number of nitrogens with one attached hydrogen (secondary N) is 1. The maximum atomic E-state index is 5.60. The highest BCUT2D eigenvalue weighted by molar-refractivity contribution is 5.06. The molecule has 5 unspecified atom stereocenters. The summed E-state index contributed by atoms with van der Waals surface area (Å²) in [6.07, 6.45) is 9.93. The SMILES string of the molecule is CN(C)C1(CNC2CC3CC2C2CCCC32)CCOCC1. The average molecular weight is 292 g/mol. The normalized spacial score (nSPS) is 44.4. The Kier molecular flexibility index (Phi) is 3.79. The van der Waals surface area contributed by atoms with Gasteiger partial charge in [-0.3, -0.25) is 0 Å². The monoisotopic (exact) mass is 292 g/mol. The second-order valence-electron chi connectivity index (χ2n) is 8.37. The highest BCUT2D eigenvalue weighted by Crippen LogP contribution is 2.58. The van der Waals surface area contributed by atoms with Crippen LogP contribution in [0.4, 0.5) is 0 Å². The maximum absolute atomic E-state index is 5.60. The number of likely N-dealkylation sites (N-methyl/N-ethyl adjacent to an activating group) is 1. The Hall–Kier alpha value is -0.120. The van der Waals surface area contributed by atoms with E-state index in [1.165, 1.54) is 44.9 Å². The Labute approximate surface area is 129 Å². The second kappa shape index (κ2) is 5.50. The van der Waals surface area contributed by atoms with Gasteiger partial charge in [-0.15, -0.1) is 0 Å². The molecule has 0 aromatic heterocycles. The minimum absolute atomic E-state index is 0.329. The van der Waals surface area contributed by atoms with Crippen LogP contribution in [0.3, 0.4) is 0 Å². The third-order valence-electron chi connectivity index (χ3n) is 7.49. The van der Waals surface area contributed by atoms with Crippen molar-refractivity contribution in [2.45, 2.75) is 56.5 Å². The van der Waals surface area contributed by atoms with Crippen molar-refractivity contribution in [1.82, 2.24) is 10.2 Å². The van der Waals surface area contributed by atoms with Crippen LogP contribution in [0.5, 0.6) is 0 Å². The highest BCUT2D eigenvalue weighted by atomic mass is 16.5. The molecule has 2 bridgehead atoms. The van der Waals surface area contributed by atoms with Gasteiger partial charge in [-0.2, -0.15) is 0 Å². The van der Waals surface area contributed by atoms with E-state index in [1.54, 1.807) is 0 Å². The van der Waals surface area contributed by atoms with E-state index >= 15 is 0 Å². The molecule has 4 aliphatic rings. The predicted octanol–water partition coefficient (Wildman–Crippen LogP) is 2.51. The first-order valence-corrected chi connectivity index (χ1v) is 9.18. The molecule has 3 heteroatoms. The van der Waals surface area contributed by atoms with Gasteiger partial charge in [-0.25, -0.2) is 0 Å². The summed E-state index contributed by atoms with van der Waals surface area (Å²) in [4.78, 5) is 2.45. The van der Waals surface area contributed by atoms with Gasteiger partial charge in [0.15, 0.2) is 0 Å². The van der Waals surface area contributed by atoms with Crippen molar-refractivity contribution < 1.29 is 4.74 Å². The molecule has 21 heavy (non-hydrogen) atoms. The molecule has 4 rings (SSSR count). The lowest BCUT2D eigenvalue weighted by Crippen LogP contribution is -2.57. The Balaban J connectivity index is 1.38. The zero-order valence-corrected chi connectivity index (χ0v) is 13.8. The average Bonchev–Trinajstić information content (AvgIpc) is 3.18. The Bertz CT molecular complexity index is 377. The molecule has 1 N–H and O–H groups in total. The Morgan fingerprint density at radius 2 is 1.81 bits per heavy atom. The molecule has 1 heterocycles. The molecule has 1 saturated heterocycles. The lowest BCUT2D eigenvalue weighted by atomic mass is 9.78. The number of nitrogens with zero attached hydrogens (tertiary/aromatic N) is 1. The fraction of sp³-hybridized carbons (Fsp3) is 1.00. The van der Waals surface area contributed by atoms with Crippen molar-refractivity contribution >= 4 is 0 Å². The summed E-state index contributed by atoms with van der Waals surface area (Å²) >= 11 is 0. The van der Waals surface area contributed by atoms with Crippen LogP contribution < -0.4 is 5.32 Å². The van der Waals surface area contributed by atoms with Crippen molar-refractivity contribution in [2.75, 3.05) is 33.9 Å². The van der Waals surface area contributed by atoms with Crippen molar-refractivity contribution in [3.8, 4) is 0 Å². The predicted molar refractivity (Wildman–Crippen MR) is 85.3 cm³/mol. The van der Waals surface area contributed by atoms with Gasteiger partial charge in [0.05, 0.1) is 0 Å². The zero-order chi connectivity index (χ0) is 14.4. The number of fused-ring (bicyclic) bond motifs is 5. The lowest BCUT2D eigenvalue weighted by Gasteiger charge is -2.44. The molecule has 3 aliphatic carbocycles. The molecule has 0 aromatic rings. The van der Waals surface area contributed by atoms with E-state index in [0.717, 1.165) is 49.5 Å². The Morgan fingerprint density at radius 3 is 2.57 bits per heavy atom. The smallest absolute Gasteiger partial charge is 0.0484 e. The first kappa shape index (κ1) is 14.5. The van der Waals surface area contributed by atoms with Crippen LogP contribution in [0.2, 0.25) is 0 Å². The zero-order valence-electron chi connectivity index (χ0n) is 13.8. The van der Waals surface area contributed by atoms with Gasteiger partial charge in [0.2, 0.25) is 0 Å². The van der Waals surface area contributed by atoms with Gasteiger partial charge in [0.1, 0.15) is 0 Å². The quantitative estimate of drug-likeness (QED) is 0.861. The molecule has 3 nitrogen and oxygen atoms in total. The maximum Gasteiger partial charge on any atom is 0.0484 e. The van der Waals surface area contributed by atoms with Crippen molar-refractivity contribution in [3.63, 3.8) is 0 Å². The molecule has 0 aromatic carbocycles. The summed E-state index contributed by atoms with van der Waals surface area (Å²) in [7, 11) is 4.50. The molecule has 3 saturated carbocycles.